The fourth-order valence-electron chi connectivity index (χ4n) is 4.22. The molecular weight excluding hydrogens is 527 g/mol. The van der Waals surface area contributed by atoms with Crippen LogP contribution in [0.1, 0.15) is 35.9 Å². The van der Waals surface area contributed by atoms with Gasteiger partial charge in [-0.05, 0) is 55.0 Å². The van der Waals surface area contributed by atoms with Gasteiger partial charge in [0.2, 0.25) is 5.82 Å². The third kappa shape index (κ3) is 7.43. The lowest BCUT2D eigenvalue weighted by Crippen LogP contribution is -2.49. The van der Waals surface area contributed by atoms with Crippen LogP contribution in [0.15, 0.2) is 54.7 Å². The maximum atomic E-state index is 13.4. The summed E-state index contributed by atoms with van der Waals surface area (Å²) in [6.07, 6.45) is -1.51. The number of carbonyl (C=O) groups excluding carboxylic acids is 2. The standard InChI is InChI=1S/C27H28F3N7O3/c1-2-3-12-37-18-23(34-26(39)32-20-6-10-22(11-7-20)40-27(28,29)30)33-24(37)25(38)36-15-13-35(14-16-36)21-8-4-19(17-31)5-9-21/h4-11,18H,2-3,12-16H2,1H3,(H2,32,34,39). The van der Waals surface area contributed by atoms with E-state index in [1.807, 2.05) is 19.1 Å². The van der Waals surface area contributed by atoms with Crippen LogP contribution in [-0.4, -0.2) is 58.9 Å². The molecular formula is C27H28F3N7O3. The molecule has 0 bridgehead atoms. The number of alkyl halides is 3. The number of urea groups is 1. The summed E-state index contributed by atoms with van der Waals surface area (Å²) in [4.78, 5) is 34.2. The van der Waals surface area contributed by atoms with E-state index in [0.717, 1.165) is 30.7 Å². The van der Waals surface area contributed by atoms with Gasteiger partial charge < -0.3 is 24.4 Å². The highest BCUT2D eigenvalue weighted by Gasteiger charge is 2.31. The Hall–Kier alpha value is -4.73. The lowest BCUT2D eigenvalue weighted by atomic mass is 10.2. The summed E-state index contributed by atoms with van der Waals surface area (Å²) in [6.45, 7) is 4.77. The zero-order valence-corrected chi connectivity index (χ0v) is 21.7. The van der Waals surface area contributed by atoms with E-state index in [-0.39, 0.29) is 23.2 Å². The number of ether oxygens (including phenoxy) is 1. The fraction of sp³-hybridized carbons (Fsp3) is 0.333. The molecule has 2 N–H and O–H groups in total. The first kappa shape index (κ1) is 28.3. The summed E-state index contributed by atoms with van der Waals surface area (Å²) < 4.78 is 42.6. The number of amides is 3. The first-order valence-corrected chi connectivity index (χ1v) is 12.7. The summed E-state index contributed by atoms with van der Waals surface area (Å²) in [5.74, 6) is -0.271. The average molecular weight is 556 g/mol. The van der Waals surface area contributed by atoms with E-state index in [1.165, 1.54) is 12.1 Å². The lowest BCUT2D eigenvalue weighted by Gasteiger charge is -2.36. The van der Waals surface area contributed by atoms with Crippen molar-refractivity contribution in [3.63, 3.8) is 0 Å². The van der Waals surface area contributed by atoms with Crippen LogP contribution in [0.2, 0.25) is 0 Å². The number of benzene rings is 2. The Kier molecular flexibility index (Phi) is 8.78. The van der Waals surface area contributed by atoms with E-state index in [0.29, 0.717) is 38.3 Å². The van der Waals surface area contributed by atoms with Gasteiger partial charge in [-0.15, -0.1) is 13.2 Å². The third-order valence-corrected chi connectivity index (χ3v) is 6.24. The number of nitrogens with one attached hydrogen (secondary N) is 2. The minimum Gasteiger partial charge on any atom is -0.406 e. The number of imidazole rings is 1. The minimum absolute atomic E-state index is 0.171. The number of unbranched alkanes of at least 4 members (excludes halogenated alkanes) is 1. The van der Waals surface area contributed by atoms with Gasteiger partial charge in [0.25, 0.3) is 5.91 Å². The number of aromatic nitrogens is 2. The number of nitrogens with zero attached hydrogens (tertiary/aromatic N) is 5. The smallest absolute Gasteiger partial charge is 0.406 e. The third-order valence-electron chi connectivity index (χ3n) is 6.24. The van der Waals surface area contributed by atoms with Crippen molar-refractivity contribution in [2.75, 3.05) is 41.7 Å². The maximum Gasteiger partial charge on any atom is 0.573 e. The first-order valence-electron chi connectivity index (χ1n) is 12.7. The van der Waals surface area contributed by atoms with Crippen molar-refractivity contribution < 1.29 is 27.5 Å². The van der Waals surface area contributed by atoms with E-state index in [4.69, 9.17) is 5.26 Å². The summed E-state index contributed by atoms with van der Waals surface area (Å²) in [5, 5.41) is 14.1. The topological polar surface area (TPSA) is 116 Å². The summed E-state index contributed by atoms with van der Waals surface area (Å²) in [5.41, 5.74) is 1.81. The first-order chi connectivity index (χ1) is 19.1. The fourth-order valence-corrected chi connectivity index (χ4v) is 4.22. The average Bonchev–Trinajstić information content (AvgIpc) is 3.34. The molecule has 2 heterocycles. The predicted octanol–water partition coefficient (Wildman–Crippen LogP) is 5.06. The molecule has 3 aromatic rings. The van der Waals surface area contributed by atoms with Crippen LogP contribution >= 0.6 is 0 Å². The second-order valence-electron chi connectivity index (χ2n) is 9.09. The largest absolute Gasteiger partial charge is 0.573 e. The molecule has 2 aromatic carbocycles. The molecule has 1 fully saturated rings. The molecule has 1 saturated heterocycles. The van der Waals surface area contributed by atoms with Gasteiger partial charge >= 0.3 is 12.4 Å². The monoisotopic (exact) mass is 555 g/mol. The number of piperazine rings is 1. The SMILES string of the molecule is CCCCn1cc(NC(=O)Nc2ccc(OC(F)(F)F)cc2)nc1C(=O)N1CCN(c2ccc(C#N)cc2)CC1. The van der Waals surface area contributed by atoms with Crippen LogP contribution in [0.3, 0.4) is 0 Å². The molecule has 0 unspecified atom stereocenters. The number of hydrogen-bond donors (Lipinski definition) is 2. The van der Waals surface area contributed by atoms with Crippen LogP contribution in [0.4, 0.5) is 35.2 Å². The molecule has 0 saturated carbocycles. The van der Waals surface area contributed by atoms with Crippen LogP contribution < -0.4 is 20.3 Å². The summed E-state index contributed by atoms with van der Waals surface area (Å²) >= 11 is 0. The number of carbonyl (C=O) groups is 2. The van der Waals surface area contributed by atoms with Crippen LogP contribution in [-0.2, 0) is 6.54 Å². The molecule has 13 heteroatoms. The molecule has 0 atom stereocenters. The zero-order chi connectivity index (χ0) is 28.7. The van der Waals surface area contributed by atoms with E-state index in [9.17, 15) is 22.8 Å². The van der Waals surface area contributed by atoms with Gasteiger partial charge in [-0.3, -0.25) is 10.1 Å². The zero-order valence-electron chi connectivity index (χ0n) is 21.7. The minimum atomic E-state index is -4.81. The van der Waals surface area contributed by atoms with Crippen LogP contribution in [0, 0.1) is 11.3 Å². The van der Waals surface area contributed by atoms with Gasteiger partial charge in [0.05, 0.1) is 11.6 Å². The number of anilines is 3. The summed E-state index contributed by atoms with van der Waals surface area (Å²) in [6, 6.07) is 13.5. The van der Waals surface area contributed by atoms with Gasteiger partial charge in [-0.1, -0.05) is 13.3 Å². The lowest BCUT2D eigenvalue weighted by molar-refractivity contribution is -0.274. The highest BCUT2D eigenvalue weighted by molar-refractivity contribution is 6.00. The van der Waals surface area contributed by atoms with Crippen molar-refractivity contribution in [1.29, 1.82) is 5.26 Å². The van der Waals surface area contributed by atoms with Gasteiger partial charge in [-0.25, -0.2) is 9.78 Å². The molecule has 210 valence electrons. The molecule has 0 spiro atoms. The molecule has 1 aliphatic rings. The van der Waals surface area contributed by atoms with Gasteiger partial charge in [0.15, 0.2) is 5.82 Å². The van der Waals surface area contributed by atoms with Crippen LogP contribution in [0.5, 0.6) is 5.75 Å². The van der Waals surface area contributed by atoms with Crippen molar-refractivity contribution in [3.05, 3.63) is 66.1 Å². The Morgan fingerprint density at radius 3 is 2.30 bits per heavy atom. The Morgan fingerprint density at radius 1 is 1.02 bits per heavy atom. The predicted molar refractivity (Wildman–Crippen MR) is 142 cm³/mol. The Balaban J connectivity index is 1.38. The molecule has 10 nitrogen and oxygen atoms in total. The molecule has 0 radical (unpaired) electrons. The molecule has 40 heavy (non-hydrogen) atoms. The Bertz CT molecular complexity index is 1360. The molecule has 3 amide bonds. The second kappa shape index (κ2) is 12.4. The second-order valence-corrected chi connectivity index (χ2v) is 9.09. The maximum absolute atomic E-state index is 13.4. The van der Waals surface area contributed by atoms with E-state index < -0.39 is 18.1 Å². The number of rotatable bonds is 8. The van der Waals surface area contributed by atoms with E-state index >= 15 is 0 Å². The van der Waals surface area contributed by atoms with Gasteiger partial charge in [0.1, 0.15) is 5.75 Å². The van der Waals surface area contributed by atoms with Crippen molar-refractivity contribution in [1.82, 2.24) is 14.5 Å². The summed E-state index contributed by atoms with van der Waals surface area (Å²) in [7, 11) is 0. The number of aryl methyl sites for hydroxylation is 1. The Morgan fingerprint density at radius 2 is 1.70 bits per heavy atom. The van der Waals surface area contributed by atoms with Crippen molar-refractivity contribution in [2.24, 2.45) is 0 Å². The van der Waals surface area contributed by atoms with Gasteiger partial charge in [-0.2, -0.15) is 5.26 Å². The quantitative estimate of drug-likeness (QED) is 0.402. The van der Waals surface area contributed by atoms with Crippen molar-refractivity contribution >= 4 is 29.1 Å². The van der Waals surface area contributed by atoms with Crippen LogP contribution in [0.25, 0.3) is 0 Å². The highest BCUT2D eigenvalue weighted by Crippen LogP contribution is 2.24. The molecule has 1 aliphatic heterocycles. The van der Waals surface area contributed by atoms with E-state index in [1.54, 1.807) is 27.8 Å². The van der Waals surface area contributed by atoms with Gasteiger partial charge in [0, 0.05) is 50.3 Å². The Labute approximate surface area is 229 Å². The number of nitriles is 1. The molecule has 4 rings (SSSR count). The molecule has 1 aromatic heterocycles. The molecule has 0 aliphatic carbocycles. The normalized spacial score (nSPS) is 13.5. The highest BCUT2D eigenvalue weighted by atomic mass is 19.4. The van der Waals surface area contributed by atoms with E-state index in [2.05, 4.69) is 31.3 Å². The van der Waals surface area contributed by atoms with Crippen molar-refractivity contribution in [3.8, 4) is 11.8 Å². The van der Waals surface area contributed by atoms with Crippen molar-refractivity contribution in [2.45, 2.75) is 32.7 Å². The number of hydrogen-bond acceptors (Lipinski definition) is 6. The number of halogens is 3.